The lowest BCUT2D eigenvalue weighted by atomic mass is 9.82. The number of benzene rings is 1. The molecule has 0 aliphatic carbocycles. The van der Waals surface area contributed by atoms with Gasteiger partial charge in [0.05, 0.1) is 16.6 Å². The quantitative estimate of drug-likeness (QED) is 0.678. The van der Waals surface area contributed by atoms with Crippen molar-refractivity contribution in [3.8, 4) is 0 Å². The van der Waals surface area contributed by atoms with Gasteiger partial charge >= 0.3 is 5.97 Å². The van der Waals surface area contributed by atoms with Crippen LogP contribution in [-0.2, 0) is 10.2 Å². The molecule has 0 saturated carbocycles. The number of aryl methyl sites for hydroxylation is 1. The molecule has 0 aliphatic rings. The molecule has 7 heteroatoms. The van der Waals surface area contributed by atoms with Crippen molar-refractivity contribution in [2.24, 2.45) is 0 Å². The number of carbonyl (C=O) groups is 2. The molecule has 2 aromatic heterocycles. The molecule has 3 rings (SSSR count). The Bertz CT molecular complexity index is 1030. The molecular formula is C21H23N3O4. The lowest BCUT2D eigenvalue weighted by molar-refractivity contribution is -0.142. The summed E-state index contributed by atoms with van der Waals surface area (Å²) in [5, 5.41) is 17.0. The van der Waals surface area contributed by atoms with Crippen LogP contribution in [0.15, 0.2) is 40.9 Å². The van der Waals surface area contributed by atoms with Crippen LogP contribution in [0.3, 0.4) is 0 Å². The van der Waals surface area contributed by atoms with E-state index in [2.05, 4.69) is 15.5 Å². The van der Waals surface area contributed by atoms with Gasteiger partial charge in [-0.3, -0.25) is 9.59 Å². The SMILES string of the molecule is Cc1noc2nc(C(C)C)cc(C(=O)NCC(C)(C(=O)O)c3ccccc3)c12. The van der Waals surface area contributed by atoms with Crippen LogP contribution < -0.4 is 5.32 Å². The highest BCUT2D eigenvalue weighted by molar-refractivity contribution is 6.06. The Kier molecular flexibility index (Phi) is 5.18. The zero-order chi connectivity index (χ0) is 20.5. The highest BCUT2D eigenvalue weighted by atomic mass is 16.5. The summed E-state index contributed by atoms with van der Waals surface area (Å²) >= 11 is 0. The Morgan fingerprint density at radius 1 is 1.25 bits per heavy atom. The van der Waals surface area contributed by atoms with E-state index in [0.717, 1.165) is 0 Å². The van der Waals surface area contributed by atoms with Gasteiger partial charge in [0.1, 0.15) is 5.41 Å². The van der Waals surface area contributed by atoms with Crippen molar-refractivity contribution in [2.45, 2.75) is 39.0 Å². The fourth-order valence-corrected chi connectivity index (χ4v) is 3.05. The first-order valence-corrected chi connectivity index (χ1v) is 9.08. The van der Waals surface area contributed by atoms with Crippen LogP contribution in [0.4, 0.5) is 0 Å². The summed E-state index contributed by atoms with van der Waals surface area (Å²) in [5.74, 6) is -1.30. The molecule has 0 saturated heterocycles. The first kappa shape index (κ1) is 19.5. The molecule has 2 N–H and O–H groups in total. The second-order valence-electron chi connectivity index (χ2n) is 7.38. The summed E-state index contributed by atoms with van der Waals surface area (Å²) < 4.78 is 5.25. The van der Waals surface area contributed by atoms with Crippen LogP contribution in [-0.4, -0.2) is 33.7 Å². The molecule has 146 valence electrons. The van der Waals surface area contributed by atoms with E-state index in [0.29, 0.717) is 33.6 Å². The van der Waals surface area contributed by atoms with Crippen molar-refractivity contribution in [2.75, 3.05) is 6.54 Å². The number of amides is 1. The molecule has 3 aromatic rings. The van der Waals surface area contributed by atoms with Gasteiger partial charge in [0.25, 0.3) is 11.6 Å². The highest BCUT2D eigenvalue weighted by Gasteiger charge is 2.36. The number of aliphatic carboxylic acids is 1. The normalized spacial score (nSPS) is 13.5. The molecule has 0 bridgehead atoms. The number of carboxylic acids is 1. The second-order valence-corrected chi connectivity index (χ2v) is 7.38. The number of hydrogen-bond acceptors (Lipinski definition) is 5. The maximum Gasteiger partial charge on any atom is 0.315 e. The number of carbonyl (C=O) groups excluding carboxylic acids is 1. The Morgan fingerprint density at radius 3 is 2.54 bits per heavy atom. The maximum atomic E-state index is 13.0. The van der Waals surface area contributed by atoms with Gasteiger partial charge in [-0.1, -0.05) is 49.3 Å². The lowest BCUT2D eigenvalue weighted by Gasteiger charge is -2.25. The van der Waals surface area contributed by atoms with Gasteiger partial charge in [0.2, 0.25) is 0 Å². The predicted molar refractivity (Wildman–Crippen MR) is 104 cm³/mol. The number of carboxylic acid groups (broad SMARTS) is 1. The fraction of sp³-hybridized carbons (Fsp3) is 0.333. The molecule has 1 atom stereocenters. The molecule has 2 heterocycles. The predicted octanol–water partition coefficient (Wildman–Crippen LogP) is 3.43. The molecule has 0 radical (unpaired) electrons. The Hall–Kier alpha value is -3.22. The van der Waals surface area contributed by atoms with E-state index in [1.807, 2.05) is 19.9 Å². The minimum absolute atomic E-state index is 0.0592. The third-order valence-corrected chi connectivity index (χ3v) is 4.96. The van der Waals surface area contributed by atoms with Crippen molar-refractivity contribution in [1.82, 2.24) is 15.5 Å². The first-order chi connectivity index (χ1) is 13.2. The van der Waals surface area contributed by atoms with Crippen LogP contribution in [0, 0.1) is 6.92 Å². The Labute approximate surface area is 162 Å². The van der Waals surface area contributed by atoms with E-state index < -0.39 is 11.4 Å². The number of pyridine rings is 1. The summed E-state index contributed by atoms with van der Waals surface area (Å²) in [5.41, 5.74) is 1.32. The third-order valence-electron chi connectivity index (χ3n) is 4.96. The molecule has 0 aliphatic heterocycles. The summed E-state index contributed by atoms with van der Waals surface area (Å²) in [6.07, 6.45) is 0. The number of fused-ring (bicyclic) bond motifs is 1. The smallest absolute Gasteiger partial charge is 0.315 e. The van der Waals surface area contributed by atoms with Crippen molar-refractivity contribution < 1.29 is 19.2 Å². The van der Waals surface area contributed by atoms with E-state index in [1.54, 1.807) is 44.2 Å². The van der Waals surface area contributed by atoms with E-state index in [-0.39, 0.29) is 18.4 Å². The molecule has 1 aromatic carbocycles. The zero-order valence-electron chi connectivity index (χ0n) is 16.3. The zero-order valence-corrected chi connectivity index (χ0v) is 16.3. The first-order valence-electron chi connectivity index (χ1n) is 9.08. The standard InChI is InChI=1S/C21H23N3O4/c1-12(2)16-10-15(17-13(3)24-28-19(17)23-16)18(25)22-11-21(4,20(26)27)14-8-6-5-7-9-14/h5-10,12H,11H2,1-4H3,(H,22,25)(H,26,27). The van der Waals surface area contributed by atoms with Gasteiger partial charge in [0.15, 0.2) is 0 Å². The van der Waals surface area contributed by atoms with Gasteiger partial charge in [-0.05, 0) is 31.4 Å². The van der Waals surface area contributed by atoms with Crippen LogP contribution in [0.2, 0.25) is 0 Å². The molecule has 1 unspecified atom stereocenters. The molecular weight excluding hydrogens is 358 g/mol. The third kappa shape index (κ3) is 3.47. The number of aromatic nitrogens is 2. The monoisotopic (exact) mass is 381 g/mol. The number of hydrogen-bond donors (Lipinski definition) is 2. The number of rotatable bonds is 6. The van der Waals surface area contributed by atoms with Crippen molar-refractivity contribution in [1.29, 1.82) is 0 Å². The fourth-order valence-electron chi connectivity index (χ4n) is 3.05. The minimum atomic E-state index is -1.26. The molecule has 7 nitrogen and oxygen atoms in total. The van der Waals surface area contributed by atoms with E-state index in [9.17, 15) is 14.7 Å². The van der Waals surface area contributed by atoms with E-state index >= 15 is 0 Å². The average Bonchev–Trinajstić information content (AvgIpc) is 3.06. The summed E-state index contributed by atoms with van der Waals surface area (Å²) in [6, 6.07) is 10.6. The summed E-state index contributed by atoms with van der Waals surface area (Å²) in [4.78, 5) is 29.4. The van der Waals surface area contributed by atoms with Crippen LogP contribution in [0.25, 0.3) is 11.1 Å². The average molecular weight is 381 g/mol. The number of nitrogens with zero attached hydrogens (tertiary/aromatic N) is 2. The van der Waals surface area contributed by atoms with Crippen LogP contribution >= 0.6 is 0 Å². The Balaban J connectivity index is 1.95. The topological polar surface area (TPSA) is 105 Å². The van der Waals surface area contributed by atoms with Crippen molar-refractivity contribution in [3.05, 3.63) is 58.9 Å². The summed E-state index contributed by atoms with van der Waals surface area (Å²) in [7, 11) is 0. The largest absolute Gasteiger partial charge is 0.481 e. The van der Waals surface area contributed by atoms with Gasteiger partial charge < -0.3 is 14.9 Å². The van der Waals surface area contributed by atoms with Crippen LogP contribution in [0.1, 0.15) is 54.0 Å². The maximum absolute atomic E-state index is 13.0. The summed E-state index contributed by atoms with van der Waals surface area (Å²) in [6.45, 7) is 7.21. The van der Waals surface area contributed by atoms with Gasteiger partial charge in [0, 0.05) is 12.2 Å². The lowest BCUT2D eigenvalue weighted by Crippen LogP contribution is -2.44. The van der Waals surface area contributed by atoms with Gasteiger partial charge in [-0.2, -0.15) is 0 Å². The molecule has 0 fully saturated rings. The minimum Gasteiger partial charge on any atom is -0.481 e. The Morgan fingerprint density at radius 2 is 1.93 bits per heavy atom. The van der Waals surface area contributed by atoms with Crippen molar-refractivity contribution >= 4 is 23.0 Å². The van der Waals surface area contributed by atoms with Crippen molar-refractivity contribution in [3.63, 3.8) is 0 Å². The van der Waals surface area contributed by atoms with Gasteiger partial charge in [-0.25, -0.2) is 4.98 Å². The number of nitrogens with one attached hydrogen (secondary N) is 1. The van der Waals surface area contributed by atoms with E-state index in [4.69, 9.17) is 4.52 Å². The molecule has 28 heavy (non-hydrogen) atoms. The molecule has 0 spiro atoms. The highest BCUT2D eigenvalue weighted by Crippen LogP contribution is 2.26. The van der Waals surface area contributed by atoms with Crippen LogP contribution in [0.5, 0.6) is 0 Å². The van der Waals surface area contributed by atoms with Gasteiger partial charge in [-0.15, -0.1) is 0 Å². The van der Waals surface area contributed by atoms with E-state index in [1.165, 1.54) is 0 Å². The second kappa shape index (κ2) is 7.42. The molecule has 1 amide bonds.